The summed E-state index contributed by atoms with van der Waals surface area (Å²) in [6.45, 7) is 0. The van der Waals surface area contributed by atoms with Crippen molar-refractivity contribution in [2.45, 2.75) is 0 Å². The third-order valence-electron chi connectivity index (χ3n) is 1.28. The normalized spacial score (nSPS) is 8.64. The quantitative estimate of drug-likeness (QED) is 0.278. The molecule has 0 fully saturated rings. The predicted molar refractivity (Wildman–Crippen MR) is 44.0 cm³/mol. The zero-order valence-corrected chi connectivity index (χ0v) is 5.87. The molecule has 2 N–H and O–H groups in total. The van der Waals surface area contributed by atoms with Crippen LogP contribution in [0, 0.1) is 12.3 Å². The van der Waals surface area contributed by atoms with Gasteiger partial charge in [-0.15, -0.1) is 6.42 Å². The average molecular weight is 145 g/mol. The highest BCUT2D eigenvalue weighted by molar-refractivity contribution is 6.08. The molecule has 0 spiro atoms. The minimum absolute atomic E-state index is 0.336. The van der Waals surface area contributed by atoms with E-state index in [9.17, 15) is 4.79 Å². The van der Waals surface area contributed by atoms with Crippen LogP contribution in [0.3, 0.4) is 0 Å². The largest absolute Gasteiger partial charge is 0.399 e. The molecule has 0 amide bonds. The van der Waals surface area contributed by atoms with Crippen LogP contribution in [0.15, 0.2) is 24.3 Å². The van der Waals surface area contributed by atoms with E-state index in [0.717, 1.165) is 0 Å². The van der Waals surface area contributed by atoms with E-state index < -0.39 is 0 Å². The van der Waals surface area contributed by atoms with E-state index in [1.54, 1.807) is 24.3 Å². The van der Waals surface area contributed by atoms with Gasteiger partial charge in [0.05, 0.1) is 0 Å². The molecule has 2 heteroatoms. The lowest BCUT2D eigenvalue weighted by atomic mass is 10.1. The van der Waals surface area contributed by atoms with Gasteiger partial charge >= 0.3 is 0 Å². The van der Waals surface area contributed by atoms with Gasteiger partial charge in [-0.05, 0) is 18.1 Å². The number of hydrogen-bond donors (Lipinski definition) is 1. The van der Waals surface area contributed by atoms with Crippen molar-refractivity contribution >= 4 is 11.5 Å². The minimum atomic E-state index is -0.336. The van der Waals surface area contributed by atoms with Gasteiger partial charge in [0.2, 0.25) is 5.78 Å². The lowest BCUT2D eigenvalue weighted by Crippen LogP contribution is -1.95. The summed E-state index contributed by atoms with van der Waals surface area (Å²) < 4.78 is 0. The number of Topliss-reactive ketones (excluding diaryl/α,β-unsaturated/α-hetero) is 1. The number of carbonyl (C=O) groups excluding carboxylic acids is 1. The molecule has 0 aromatic heterocycles. The Bertz CT molecular complexity index is 323. The zero-order chi connectivity index (χ0) is 8.27. The predicted octanol–water partition coefficient (Wildman–Crippen LogP) is 1.08. The van der Waals surface area contributed by atoms with Crippen LogP contribution < -0.4 is 5.73 Å². The van der Waals surface area contributed by atoms with Crippen LogP contribution in [0.25, 0.3) is 0 Å². The van der Waals surface area contributed by atoms with Crippen LogP contribution in [0.2, 0.25) is 0 Å². The molecule has 0 radical (unpaired) electrons. The Hall–Kier alpha value is -1.75. The third-order valence-corrected chi connectivity index (χ3v) is 1.28. The molecule has 1 aromatic rings. The number of carbonyl (C=O) groups is 1. The Morgan fingerprint density at radius 1 is 1.55 bits per heavy atom. The van der Waals surface area contributed by atoms with Gasteiger partial charge in [0.1, 0.15) is 0 Å². The molecule has 0 unspecified atom stereocenters. The molecule has 0 atom stereocenters. The highest BCUT2D eigenvalue weighted by Gasteiger charge is 1.99. The van der Waals surface area contributed by atoms with E-state index in [2.05, 4.69) is 0 Å². The summed E-state index contributed by atoms with van der Waals surface area (Å²) in [6.07, 6.45) is 4.91. The number of anilines is 1. The Balaban J connectivity index is 3.08. The van der Waals surface area contributed by atoms with E-state index in [0.29, 0.717) is 11.3 Å². The lowest BCUT2D eigenvalue weighted by Gasteiger charge is -1.94. The standard InChI is InChI=1S/C9H7NO/c1-2-9(11)7-4-3-5-8(10)6-7/h1,3-6H,10H2. The molecule has 0 aliphatic carbocycles. The van der Waals surface area contributed by atoms with Crippen LogP contribution in [0.4, 0.5) is 5.69 Å². The minimum Gasteiger partial charge on any atom is -0.399 e. The fourth-order valence-corrected chi connectivity index (χ4v) is 0.763. The van der Waals surface area contributed by atoms with E-state index in [1.165, 1.54) is 0 Å². The molecule has 54 valence electrons. The molecule has 11 heavy (non-hydrogen) atoms. The number of terminal acetylenes is 1. The van der Waals surface area contributed by atoms with Crippen molar-refractivity contribution in [3.8, 4) is 12.3 Å². The first-order chi connectivity index (χ1) is 5.24. The Morgan fingerprint density at radius 2 is 2.27 bits per heavy atom. The van der Waals surface area contributed by atoms with Crippen molar-refractivity contribution in [3.63, 3.8) is 0 Å². The number of ketones is 1. The summed E-state index contributed by atoms with van der Waals surface area (Å²) in [5.41, 5.74) is 6.44. The second-order valence-electron chi connectivity index (χ2n) is 2.10. The van der Waals surface area contributed by atoms with Gasteiger partial charge in [-0.1, -0.05) is 12.1 Å². The molecule has 2 nitrogen and oxygen atoms in total. The van der Waals surface area contributed by atoms with Crippen molar-refractivity contribution in [1.29, 1.82) is 0 Å². The second-order valence-corrected chi connectivity index (χ2v) is 2.10. The SMILES string of the molecule is C#CC(=O)c1cccc(N)c1. The summed E-state index contributed by atoms with van der Waals surface area (Å²) >= 11 is 0. The molecule has 0 saturated heterocycles. The van der Waals surface area contributed by atoms with Crippen LogP contribution >= 0.6 is 0 Å². The van der Waals surface area contributed by atoms with Crippen molar-refractivity contribution in [3.05, 3.63) is 29.8 Å². The van der Waals surface area contributed by atoms with Gasteiger partial charge in [0.25, 0.3) is 0 Å². The molecule has 0 saturated carbocycles. The van der Waals surface area contributed by atoms with Crippen LogP contribution in [0.5, 0.6) is 0 Å². The van der Waals surface area contributed by atoms with Crippen molar-refractivity contribution in [2.24, 2.45) is 0 Å². The van der Waals surface area contributed by atoms with Crippen molar-refractivity contribution in [1.82, 2.24) is 0 Å². The smallest absolute Gasteiger partial charge is 0.235 e. The number of nitrogens with two attached hydrogens (primary N) is 1. The van der Waals surface area contributed by atoms with Gasteiger partial charge in [0, 0.05) is 11.3 Å². The van der Waals surface area contributed by atoms with Gasteiger partial charge < -0.3 is 5.73 Å². The maximum Gasteiger partial charge on any atom is 0.235 e. The summed E-state index contributed by atoms with van der Waals surface area (Å²) in [5.74, 6) is 1.68. The van der Waals surface area contributed by atoms with E-state index >= 15 is 0 Å². The molecule has 0 heterocycles. The lowest BCUT2D eigenvalue weighted by molar-refractivity contribution is 0.105. The molecule has 0 bridgehead atoms. The van der Waals surface area contributed by atoms with Crippen molar-refractivity contribution in [2.75, 3.05) is 5.73 Å². The highest BCUT2D eigenvalue weighted by Crippen LogP contribution is 2.06. The zero-order valence-electron chi connectivity index (χ0n) is 5.87. The second kappa shape index (κ2) is 2.89. The number of hydrogen-bond acceptors (Lipinski definition) is 2. The topological polar surface area (TPSA) is 43.1 Å². The first-order valence-electron chi connectivity index (χ1n) is 3.10. The average Bonchev–Trinajstić information content (AvgIpc) is 2.03. The van der Waals surface area contributed by atoms with E-state index in [-0.39, 0.29) is 5.78 Å². The summed E-state index contributed by atoms with van der Waals surface area (Å²) in [6, 6.07) is 6.59. The number of nitrogen functional groups attached to an aromatic ring is 1. The van der Waals surface area contributed by atoms with Gasteiger partial charge in [0.15, 0.2) is 0 Å². The van der Waals surface area contributed by atoms with E-state index in [4.69, 9.17) is 12.2 Å². The fraction of sp³-hybridized carbons (Fsp3) is 0. The Labute approximate surface area is 65.0 Å². The van der Waals surface area contributed by atoms with Gasteiger partial charge in [-0.25, -0.2) is 0 Å². The molecular weight excluding hydrogens is 138 g/mol. The summed E-state index contributed by atoms with van der Waals surface area (Å²) in [4.78, 5) is 10.9. The highest BCUT2D eigenvalue weighted by atomic mass is 16.1. The Kier molecular flexibility index (Phi) is 1.93. The summed E-state index contributed by atoms with van der Waals surface area (Å²) in [7, 11) is 0. The monoisotopic (exact) mass is 145 g/mol. The Morgan fingerprint density at radius 3 is 2.82 bits per heavy atom. The number of benzene rings is 1. The number of rotatable bonds is 1. The fourth-order valence-electron chi connectivity index (χ4n) is 0.763. The molecule has 1 rings (SSSR count). The van der Waals surface area contributed by atoms with Gasteiger partial charge in [-0.3, -0.25) is 4.79 Å². The van der Waals surface area contributed by atoms with Crippen LogP contribution in [0.1, 0.15) is 10.4 Å². The molecular formula is C9H7NO. The maximum atomic E-state index is 10.9. The van der Waals surface area contributed by atoms with Crippen LogP contribution in [-0.2, 0) is 0 Å². The van der Waals surface area contributed by atoms with Gasteiger partial charge in [-0.2, -0.15) is 0 Å². The first kappa shape index (κ1) is 7.36. The van der Waals surface area contributed by atoms with Crippen LogP contribution in [-0.4, -0.2) is 5.78 Å². The van der Waals surface area contributed by atoms with E-state index in [1.807, 2.05) is 5.92 Å². The first-order valence-corrected chi connectivity index (χ1v) is 3.10. The molecule has 1 aromatic carbocycles. The van der Waals surface area contributed by atoms with Crippen molar-refractivity contribution < 1.29 is 4.79 Å². The maximum absolute atomic E-state index is 10.9. The summed E-state index contributed by atoms with van der Waals surface area (Å²) in [5, 5.41) is 0. The third kappa shape index (κ3) is 1.59. The molecule has 0 aliphatic heterocycles. The molecule has 0 aliphatic rings.